The van der Waals surface area contributed by atoms with Gasteiger partial charge < -0.3 is 23.8 Å². The number of rotatable bonds is 5. The summed E-state index contributed by atoms with van der Waals surface area (Å²) in [6, 6.07) is 11.4. The highest BCUT2D eigenvalue weighted by atomic mass is 32.1. The van der Waals surface area contributed by atoms with E-state index < -0.39 is 0 Å². The molecular weight excluding hydrogens is 428 g/mol. The number of benzene rings is 2. The normalized spacial score (nSPS) is 14.5. The van der Waals surface area contributed by atoms with Crippen molar-refractivity contribution in [3.8, 4) is 33.6 Å². The molecule has 5 rings (SSSR count). The molecule has 0 saturated heterocycles. The Morgan fingerprint density at radius 1 is 1.09 bits per heavy atom. The summed E-state index contributed by atoms with van der Waals surface area (Å²) in [5.41, 5.74) is 2.93. The second-order valence-corrected chi connectivity index (χ2v) is 8.50. The SMILES string of the molecule is COc1ccc(-c2nc3c(s2)CN(C(=O)/C=C/c2ccc4c(c2)OCO4)CC3)cc1OC. The summed E-state index contributed by atoms with van der Waals surface area (Å²) >= 11 is 1.61. The summed E-state index contributed by atoms with van der Waals surface area (Å²) in [5.74, 6) is 2.77. The van der Waals surface area contributed by atoms with Gasteiger partial charge in [-0.3, -0.25) is 4.79 Å². The molecule has 8 heteroatoms. The van der Waals surface area contributed by atoms with Gasteiger partial charge in [0.05, 0.1) is 26.5 Å². The lowest BCUT2D eigenvalue weighted by atomic mass is 10.1. The molecule has 7 nitrogen and oxygen atoms in total. The molecule has 0 unspecified atom stereocenters. The smallest absolute Gasteiger partial charge is 0.246 e. The van der Waals surface area contributed by atoms with E-state index in [1.165, 1.54) is 0 Å². The monoisotopic (exact) mass is 450 g/mol. The van der Waals surface area contributed by atoms with E-state index in [9.17, 15) is 4.79 Å². The van der Waals surface area contributed by atoms with Crippen molar-refractivity contribution in [2.75, 3.05) is 27.6 Å². The average Bonchev–Trinajstić information content (AvgIpc) is 3.48. The zero-order valence-electron chi connectivity index (χ0n) is 17.8. The fraction of sp³-hybridized carbons (Fsp3) is 0.250. The summed E-state index contributed by atoms with van der Waals surface area (Å²) < 4.78 is 21.5. The zero-order chi connectivity index (χ0) is 22.1. The van der Waals surface area contributed by atoms with Crippen molar-refractivity contribution in [2.24, 2.45) is 0 Å². The number of nitrogens with zero attached hydrogens (tertiary/aromatic N) is 2. The summed E-state index contributed by atoms with van der Waals surface area (Å²) in [6.07, 6.45) is 4.16. The number of hydrogen-bond acceptors (Lipinski definition) is 7. The van der Waals surface area contributed by atoms with E-state index in [-0.39, 0.29) is 12.7 Å². The zero-order valence-corrected chi connectivity index (χ0v) is 18.6. The molecule has 3 heterocycles. The van der Waals surface area contributed by atoms with Gasteiger partial charge in [-0.05, 0) is 42.0 Å². The third-order valence-electron chi connectivity index (χ3n) is 5.49. The summed E-state index contributed by atoms with van der Waals surface area (Å²) in [7, 11) is 3.24. The van der Waals surface area contributed by atoms with E-state index in [1.807, 2.05) is 47.4 Å². The molecule has 1 aromatic heterocycles. The Kier molecular flexibility index (Phi) is 5.45. The maximum absolute atomic E-state index is 12.8. The Bertz CT molecular complexity index is 1200. The third kappa shape index (κ3) is 3.89. The first-order chi connectivity index (χ1) is 15.6. The van der Waals surface area contributed by atoms with Gasteiger partial charge in [0.15, 0.2) is 23.0 Å². The maximum Gasteiger partial charge on any atom is 0.246 e. The van der Waals surface area contributed by atoms with Crippen molar-refractivity contribution in [3.63, 3.8) is 0 Å². The molecular formula is C24H22N2O5S. The van der Waals surface area contributed by atoms with Gasteiger partial charge in [0.2, 0.25) is 12.7 Å². The molecule has 0 bridgehead atoms. The van der Waals surface area contributed by atoms with Gasteiger partial charge in [0.25, 0.3) is 0 Å². The van der Waals surface area contributed by atoms with Gasteiger partial charge in [0, 0.05) is 29.5 Å². The maximum atomic E-state index is 12.8. The van der Waals surface area contributed by atoms with Crippen LogP contribution in [0.15, 0.2) is 42.5 Å². The van der Waals surface area contributed by atoms with E-state index >= 15 is 0 Å². The minimum Gasteiger partial charge on any atom is -0.493 e. The minimum absolute atomic E-state index is 0.0191. The lowest BCUT2D eigenvalue weighted by molar-refractivity contribution is -0.126. The molecule has 2 aromatic carbocycles. The average molecular weight is 451 g/mol. The predicted octanol–water partition coefficient (Wildman–Crippen LogP) is 4.15. The van der Waals surface area contributed by atoms with Gasteiger partial charge in [-0.2, -0.15) is 0 Å². The van der Waals surface area contributed by atoms with Crippen molar-refractivity contribution >= 4 is 23.3 Å². The van der Waals surface area contributed by atoms with E-state index in [1.54, 1.807) is 31.6 Å². The van der Waals surface area contributed by atoms with E-state index in [0.29, 0.717) is 30.3 Å². The molecule has 2 aliphatic rings. The highest BCUT2D eigenvalue weighted by molar-refractivity contribution is 7.15. The predicted molar refractivity (Wildman–Crippen MR) is 121 cm³/mol. The van der Waals surface area contributed by atoms with Crippen molar-refractivity contribution in [3.05, 3.63) is 58.6 Å². The number of hydrogen-bond donors (Lipinski definition) is 0. The number of ether oxygens (including phenoxy) is 4. The van der Waals surface area contributed by atoms with E-state index in [0.717, 1.165) is 38.9 Å². The summed E-state index contributed by atoms with van der Waals surface area (Å²) in [4.78, 5) is 20.6. The molecule has 3 aromatic rings. The van der Waals surface area contributed by atoms with Crippen LogP contribution in [0.2, 0.25) is 0 Å². The van der Waals surface area contributed by atoms with Crippen molar-refractivity contribution in [2.45, 2.75) is 13.0 Å². The Morgan fingerprint density at radius 3 is 2.78 bits per heavy atom. The Balaban J connectivity index is 1.30. The summed E-state index contributed by atoms with van der Waals surface area (Å²) in [6.45, 7) is 1.44. The number of thiazole rings is 1. The van der Waals surface area contributed by atoms with Crippen LogP contribution in [-0.4, -0.2) is 43.3 Å². The Morgan fingerprint density at radius 2 is 1.94 bits per heavy atom. The summed E-state index contributed by atoms with van der Waals surface area (Å²) in [5, 5.41) is 0.918. The Hall–Kier alpha value is -3.52. The van der Waals surface area contributed by atoms with Gasteiger partial charge in [-0.25, -0.2) is 4.98 Å². The van der Waals surface area contributed by atoms with Crippen molar-refractivity contribution < 1.29 is 23.7 Å². The molecule has 0 fully saturated rings. The van der Waals surface area contributed by atoms with Crippen LogP contribution in [0.25, 0.3) is 16.6 Å². The van der Waals surface area contributed by atoms with E-state index in [2.05, 4.69) is 0 Å². The number of carbonyl (C=O) groups is 1. The highest BCUT2D eigenvalue weighted by Gasteiger charge is 2.24. The fourth-order valence-corrected chi connectivity index (χ4v) is 4.89. The largest absolute Gasteiger partial charge is 0.493 e. The fourth-order valence-electron chi connectivity index (χ4n) is 3.77. The van der Waals surface area contributed by atoms with Crippen LogP contribution >= 0.6 is 11.3 Å². The van der Waals surface area contributed by atoms with Gasteiger partial charge in [-0.15, -0.1) is 11.3 Å². The van der Waals surface area contributed by atoms with Crippen LogP contribution in [0, 0.1) is 0 Å². The van der Waals surface area contributed by atoms with Gasteiger partial charge in [0.1, 0.15) is 5.01 Å². The molecule has 0 spiro atoms. The highest BCUT2D eigenvalue weighted by Crippen LogP contribution is 2.37. The van der Waals surface area contributed by atoms with Crippen molar-refractivity contribution in [1.29, 1.82) is 0 Å². The first kappa shape index (κ1) is 20.4. The molecule has 0 saturated carbocycles. The van der Waals surface area contributed by atoms with Crippen LogP contribution < -0.4 is 18.9 Å². The number of aromatic nitrogens is 1. The number of carbonyl (C=O) groups excluding carboxylic acids is 1. The topological polar surface area (TPSA) is 70.1 Å². The standard InChI is InChI=1S/C24H22N2O5S/c1-28-18-7-5-16(12-20(18)29-2)24-25-17-9-10-26(13-22(17)32-24)23(27)8-4-15-3-6-19-21(11-15)31-14-30-19/h3-8,11-12H,9-10,13-14H2,1-2H3/b8-4+. The molecule has 0 aliphatic carbocycles. The number of methoxy groups -OCH3 is 2. The van der Waals surface area contributed by atoms with Crippen LogP contribution in [0.3, 0.4) is 0 Å². The van der Waals surface area contributed by atoms with Crippen LogP contribution in [0.1, 0.15) is 16.1 Å². The number of amides is 1. The minimum atomic E-state index is -0.0191. The second kappa shape index (κ2) is 8.55. The van der Waals surface area contributed by atoms with Crippen LogP contribution in [0.5, 0.6) is 23.0 Å². The van der Waals surface area contributed by atoms with Crippen LogP contribution in [-0.2, 0) is 17.8 Å². The molecule has 0 N–H and O–H groups in total. The quantitative estimate of drug-likeness (QED) is 0.544. The first-order valence-corrected chi connectivity index (χ1v) is 11.0. The lowest BCUT2D eigenvalue weighted by Gasteiger charge is -2.24. The molecule has 0 radical (unpaired) electrons. The molecule has 2 aliphatic heterocycles. The third-order valence-corrected chi connectivity index (χ3v) is 6.62. The molecule has 32 heavy (non-hydrogen) atoms. The van der Waals surface area contributed by atoms with E-state index in [4.69, 9.17) is 23.9 Å². The Labute approximate surface area is 189 Å². The van der Waals surface area contributed by atoms with Gasteiger partial charge in [-0.1, -0.05) is 6.07 Å². The molecule has 1 amide bonds. The number of fused-ring (bicyclic) bond motifs is 2. The molecule has 0 atom stereocenters. The second-order valence-electron chi connectivity index (χ2n) is 7.41. The van der Waals surface area contributed by atoms with Crippen molar-refractivity contribution in [1.82, 2.24) is 9.88 Å². The first-order valence-electron chi connectivity index (χ1n) is 10.2. The lowest BCUT2D eigenvalue weighted by Crippen LogP contribution is -2.34. The van der Waals surface area contributed by atoms with Gasteiger partial charge >= 0.3 is 0 Å². The van der Waals surface area contributed by atoms with Crippen LogP contribution in [0.4, 0.5) is 0 Å². The molecule has 164 valence electrons.